The largest absolute Gasteiger partial charge is 0.357 e. The molecule has 10 heteroatoms. The molecular formula is C19H15N7O3. The van der Waals surface area contributed by atoms with E-state index in [9.17, 15) is 14.9 Å². The van der Waals surface area contributed by atoms with Gasteiger partial charge in [-0.05, 0) is 6.07 Å². The van der Waals surface area contributed by atoms with Gasteiger partial charge in [-0.3, -0.25) is 14.9 Å². The minimum Gasteiger partial charge on any atom is -0.357 e. The maximum Gasteiger partial charge on any atom is 0.293 e. The summed E-state index contributed by atoms with van der Waals surface area (Å²) in [6.45, 7) is 1.50. The minimum absolute atomic E-state index is 0.132. The van der Waals surface area contributed by atoms with Crippen molar-refractivity contribution in [3.05, 3.63) is 75.1 Å². The molecule has 29 heavy (non-hydrogen) atoms. The molecule has 0 saturated carbocycles. The second-order valence-corrected chi connectivity index (χ2v) is 6.73. The summed E-state index contributed by atoms with van der Waals surface area (Å²) in [5, 5.41) is 20.5. The first-order chi connectivity index (χ1) is 14.1. The number of rotatable bonds is 3. The second-order valence-electron chi connectivity index (χ2n) is 6.73. The number of H-pyrrole nitrogens is 1. The summed E-state index contributed by atoms with van der Waals surface area (Å²) in [6.07, 6.45) is 1.29. The number of aromatic nitrogens is 5. The van der Waals surface area contributed by atoms with Crippen LogP contribution in [0.3, 0.4) is 0 Å². The first-order valence-corrected chi connectivity index (χ1v) is 9.00. The number of benzene rings is 2. The second kappa shape index (κ2) is 6.51. The van der Waals surface area contributed by atoms with E-state index in [0.29, 0.717) is 30.8 Å². The minimum atomic E-state index is -0.476. The number of nitrogens with one attached hydrogen (secondary N) is 1. The molecule has 0 radical (unpaired) electrons. The lowest BCUT2D eigenvalue weighted by Gasteiger charge is -2.29. The van der Waals surface area contributed by atoms with Gasteiger partial charge in [-0.2, -0.15) is 0 Å². The van der Waals surface area contributed by atoms with Gasteiger partial charge in [0.1, 0.15) is 5.69 Å². The number of fused-ring (bicyclic) bond motifs is 2. The summed E-state index contributed by atoms with van der Waals surface area (Å²) < 4.78 is 2.03. The lowest BCUT2D eigenvalue weighted by atomic mass is 10.1. The van der Waals surface area contributed by atoms with Crippen LogP contribution in [0.1, 0.15) is 5.82 Å². The highest BCUT2D eigenvalue weighted by atomic mass is 16.6. The molecule has 1 aliphatic heterocycles. The van der Waals surface area contributed by atoms with Crippen LogP contribution in [-0.2, 0) is 13.1 Å². The molecule has 5 rings (SSSR count). The predicted molar refractivity (Wildman–Crippen MR) is 106 cm³/mol. The van der Waals surface area contributed by atoms with Crippen LogP contribution < -0.4 is 10.5 Å². The lowest BCUT2D eigenvalue weighted by molar-refractivity contribution is -0.384. The SMILES string of the molecule is O=c1[nH]cnc2cc(N3CCn4c(nnc4-c4ccccc4)C3)c([N+](=O)[O-])cc12. The Labute approximate surface area is 163 Å². The molecule has 3 heterocycles. The molecule has 0 bridgehead atoms. The molecule has 144 valence electrons. The zero-order valence-corrected chi connectivity index (χ0v) is 15.1. The normalized spacial score (nSPS) is 13.4. The van der Waals surface area contributed by atoms with E-state index in [0.717, 1.165) is 17.2 Å². The van der Waals surface area contributed by atoms with E-state index in [1.807, 2.05) is 39.8 Å². The molecule has 0 fully saturated rings. The highest BCUT2D eigenvalue weighted by Gasteiger charge is 2.27. The number of anilines is 1. The number of nitro benzene ring substituents is 1. The molecule has 0 saturated heterocycles. The smallest absolute Gasteiger partial charge is 0.293 e. The van der Waals surface area contributed by atoms with E-state index in [1.165, 1.54) is 12.4 Å². The molecule has 0 aliphatic carbocycles. The zero-order valence-electron chi connectivity index (χ0n) is 15.1. The van der Waals surface area contributed by atoms with Gasteiger partial charge in [0.2, 0.25) is 0 Å². The fourth-order valence-corrected chi connectivity index (χ4v) is 3.66. The Morgan fingerprint density at radius 1 is 1.10 bits per heavy atom. The summed E-state index contributed by atoms with van der Waals surface area (Å²) >= 11 is 0. The van der Waals surface area contributed by atoms with Crippen LogP contribution in [0, 0.1) is 10.1 Å². The van der Waals surface area contributed by atoms with Crippen LogP contribution in [-0.4, -0.2) is 36.2 Å². The van der Waals surface area contributed by atoms with Crippen molar-refractivity contribution >= 4 is 22.3 Å². The van der Waals surface area contributed by atoms with Gasteiger partial charge >= 0.3 is 0 Å². The number of nitrogens with zero attached hydrogens (tertiary/aromatic N) is 6. The van der Waals surface area contributed by atoms with Gasteiger partial charge in [-0.15, -0.1) is 10.2 Å². The molecule has 0 amide bonds. The quantitative estimate of drug-likeness (QED) is 0.420. The number of nitro groups is 1. The molecule has 1 N–H and O–H groups in total. The molecular weight excluding hydrogens is 374 g/mol. The van der Waals surface area contributed by atoms with Crippen LogP contribution in [0.4, 0.5) is 11.4 Å². The predicted octanol–water partition coefficient (Wildman–Crippen LogP) is 2.11. The fourth-order valence-electron chi connectivity index (χ4n) is 3.66. The van der Waals surface area contributed by atoms with Crippen LogP contribution in [0.5, 0.6) is 0 Å². The topological polar surface area (TPSA) is 123 Å². The van der Waals surface area contributed by atoms with Crippen molar-refractivity contribution in [2.45, 2.75) is 13.1 Å². The van der Waals surface area contributed by atoms with E-state index in [4.69, 9.17) is 0 Å². The van der Waals surface area contributed by atoms with Gasteiger partial charge in [-0.1, -0.05) is 30.3 Å². The number of aromatic amines is 1. The Bertz CT molecular complexity index is 1300. The average molecular weight is 389 g/mol. The highest BCUT2D eigenvalue weighted by molar-refractivity contribution is 5.87. The van der Waals surface area contributed by atoms with Crippen LogP contribution in [0.2, 0.25) is 0 Å². The third-order valence-corrected chi connectivity index (χ3v) is 5.06. The van der Waals surface area contributed by atoms with Gasteiger partial charge in [-0.25, -0.2) is 4.98 Å². The maximum atomic E-state index is 12.0. The van der Waals surface area contributed by atoms with Crippen molar-refractivity contribution in [3.8, 4) is 11.4 Å². The fraction of sp³-hybridized carbons (Fsp3) is 0.158. The van der Waals surface area contributed by atoms with E-state index in [2.05, 4.69) is 20.2 Å². The van der Waals surface area contributed by atoms with E-state index < -0.39 is 10.5 Å². The van der Waals surface area contributed by atoms with Gasteiger partial charge in [0.15, 0.2) is 11.6 Å². The van der Waals surface area contributed by atoms with Gasteiger partial charge < -0.3 is 14.5 Å². The first-order valence-electron chi connectivity index (χ1n) is 9.00. The summed E-state index contributed by atoms with van der Waals surface area (Å²) in [6, 6.07) is 12.6. The molecule has 2 aromatic heterocycles. The van der Waals surface area contributed by atoms with Crippen LogP contribution in [0.25, 0.3) is 22.3 Å². The molecule has 0 unspecified atom stereocenters. The zero-order chi connectivity index (χ0) is 20.0. The molecule has 4 aromatic rings. The maximum absolute atomic E-state index is 12.0. The van der Waals surface area contributed by atoms with Crippen molar-refractivity contribution in [1.82, 2.24) is 24.7 Å². The van der Waals surface area contributed by atoms with Crippen molar-refractivity contribution in [1.29, 1.82) is 0 Å². The van der Waals surface area contributed by atoms with Gasteiger partial charge in [0.25, 0.3) is 11.2 Å². The van der Waals surface area contributed by atoms with Crippen molar-refractivity contribution in [3.63, 3.8) is 0 Å². The first kappa shape index (κ1) is 17.0. The standard InChI is InChI=1S/C19H15N7O3/c27-19-13-8-16(26(28)29)15(9-14(13)20-11-21-19)24-6-7-25-17(10-24)22-23-18(25)12-4-2-1-3-5-12/h1-5,8-9,11H,6-7,10H2,(H,20,21,27). The van der Waals surface area contributed by atoms with Crippen molar-refractivity contribution < 1.29 is 4.92 Å². The molecule has 0 atom stereocenters. The number of hydrogen-bond acceptors (Lipinski definition) is 7. The van der Waals surface area contributed by atoms with Crippen LogP contribution >= 0.6 is 0 Å². The van der Waals surface area contributed by atoms with E-state index >= 15 is 0 Å². The third kappa shape index (κ3) is 2.81. The Morgan fingerprint density at radius 2 is 1.93 bits per heavy atom. The summed E-state index contributed by atoms with van der Waals surface area (Å²) in [7, 11) is 0. The van der Waals surface area contributed by atoms with Gasteiger partial charge in [0, 0.05) is 24.7 Å². The summed E-state index contributed by atoms with van der Waals surface area (Å²) in [5.74, 6) is 1.50. The Kier molecular flexibility index (Phi) is 3.83. The molecule has 1 aliphatic rings. The van der Waals surface area contributed by atoms with Crippen LogP contribution in [0.15, 0.2) is 53.6 Å². The number of hydrogen-bond donors (Lipinski definition) is 1. The van der Waals surface area contributed by atoms with Crippen molar-refractivity contribution in [2.75, 3.05) is 11.4 Å². The average Bonchev–Trinajstić information content (AvgIpc) is 3.17. The molecule has 2 aromatic carbocycles. The molecule has 10 nitrogen and oxygen atoms in total. The Hall–Kier alpha value is -4.08. The highest BCUT2D eigenvalue weighted by Crippen LogP contribution is 2.34. The van der Waals surface area contributed by atoms with E-state index in [1.54, 1.807) is 6.07 Å². The third-order valence-electron chi connectivity index (χ3n) is 5.06. The monoisotopic (exact) mass is 389 g/mol. The Morgan fingerprint density at radius 3 is 2.72 bits per heavy atom. The van der Waals surface area contributed by atoms with Crippen molar-refractivity contribution in [2.24, 2.45) is 0 Å². The van der Waals surface area contributed by atoms with E-state index in [-0.39, 0.29) is 11.1 Å². The summed E-state index contributed by atoms with van der Waals surface area (Å²) in [4.78, 5) is 31.6. The van der Waals surface area contributed by atoms with Gasteiger partial charge in [0.05, 0.1) is 28.7 Å². The summed E-state index contributed by atoms with van der Waals surface area (Å²) in [5.41, 5.74) is 1.25. The molecule has 0 spiro atoms. The Balaban J connectivity index is 1.56. The lowest BCUT2D eigenvalue weighted by Crippen LogP contribution is -2.34.